The first-order valence-electron chi connectivity index (χ1n) is 10.9. The minimum atomic E-state index is -1.56. The number of esters is 1. The second-order valence-electron chi connectivity index (χ2n) is 8.98. The van der Waals surface area contributed by atoms with E-state index in [-0.39, 0.29) is 37.1 Å². The number of para-hydroxylation sites is 1. The van der Waals surface area contributed by atoms with Gasteiger partial charge in [-0.3, -0.25) is 19.3 Å². The van der Waals surface area contributed by atoms with E-state index in [1.54, 1.807) is 24.3 Å². The number of fused-ring (bicyclic) bond motifs is 3. The molecule has 0 unspecified atom stereocenters. The van der Waals surface area contributed by atoms with Crippen LogP contribution in [0.3, 0.4) is 0 Å². The fourth-order valence-corrected chi connectivity index (χ4v) is 4.16. The van der Waals surface area contributed by atoms with Gasteiger partial charge in [0.2, 0.25) is 11.6 Å². The van der Waals surface area contributed by atoms with Crippen LogP contribution in [0.2, 0.25) is 0 Å². The monoisotopic (exact) mass is 429 g/mol. The van der Waals surface area contributed by atoms with E-state index in [1.807, 2.05) is 13.8 Å². The van der Waals surface area contributed by atoms with E-state index in [9.17, 15) is 19.2 Å². The van der Waals surface area contributed by atoms with Crippen LogP contribution in [0.5, 0.6) is 0 Å². The minimum Gasteiger partial charge on any atom is -0.452 e. The maximum absolute atomic E-state index is 13.4. The molecule has 8 nitrogen and oxygen atoms in total. The number of rotatable bonds is 8. The average Bonchev–Trinajstić information content (AvgIpc) is 3.07. The first kappa shape index (κ1) is 22.8. The first-order chi connectivity index (χ1) is 14.7. The molecule has 31 heavy (non-hydrogen) atoms. The van der Waals surface area contributed by atoms with Crippen molar-refractivity contribution in [3.8, 4) is 0 Å². The predicted octanol–water partition coefficient (Wildman–Crippen LogP) is 2.33. The number of carbonyl (C=O) groups excluding carboxylic acids is 4. The van der Waals surface area contributed by atoms with Crippen LogP contribution in [0.1, 0.15) is 57.3 Å². The molecule has 0 aliphatic carbocycles. The lowest BCUT2D eigenvalue weighted by Gasteiger charge is -2.48. The molecule has 0 bridgehead atoms. The Morgan fingerprint density at radius 3 is 2.52 bits per heavy atom. The molecule has 0 aromatic heterocycles. The third-order valence-electron chi connectivity index (χ3n) is 5.63. The summed E-state index contributed by atoms with van der Waals surface area (Å²) in [4.78, 5) is 54.6. The summed E-state index contributed by atoms with van der Waals surface area (Å²) in [5.74, 6) is -1.20. The van der Waals surface area contributed by atoms with Gasteiger partial charge in [0.25, 0.3) is 11.8 Å². The zero-order chi connectivity index (χ0) is 22.8. The average molecular weight is 430 g/mol. The highest BCUT2D eigenvalue weighted by molar-refractivity contribution is 6.15. The van der Waals surface area contributed by atoms with Crippen molar-refractivity contribution in [3.63, 3.8) is 0 Å². The molecule has 0 saturated carbocycles. The number of amides is 3. The number of benzene rings is 1. The first-order valence-corrected chi connectivity index (χ1v) is 10.9. The van der Waals surface area contributed by atoms with Crippen LogP contribution in [0.25, 0.3) is 0 Å². The zero-order valence-corrected chi connectivity index (χ0v) is 18.6. The Bertz CT molecular complexity index is 882. The fourth-order valence-electron chi connectivity index (χ4n) is 4.16. The molecule has 1 aromatic carbocycles. The Balaban J connectivity index is 1.89. The normalized spacial score (nSPS) is 20.2. The van der Waals surface area contributed by atoms with Crippen LogP contribution in [0.15, 0.2) is 24.3 Å². The number of hydrogen-bond donors (Lipinski definition) is 1. The highest BCUT2D eigenvalue weighted by Crippen LogP contribution is 2.45. The van der Waals surface area contributed by atoms with Gasteiger partial charge in [0.1, 0.15) is 0 Å². The Kier molecular flexibility index (Phi) is 6.67. The number of anilines is 1. The summed E-state index contributed by atoms with van der Waals surface area (Å²) >= 11 is 0. The molecular weight excluding hydrogens is 398 g/mol. The fraction of sp³-hybridized carbons (Fsp3) is 0.565. The Morgan fingerprint density at radius 2 is 1.84 bits per heavy atom. The highest BCUT2D eigenvalue weighted by Gasteiger charge is 2.62. The van der Waals surface area contributed by atoms with Crippen LogP contribution in [0, 0.1) is 11.8 Å². The van der Waals surface area contributed by atoms with Gasteiger partial charge in [0, 0.05) is 25.9 Å². The van der Waals surface area contributed by atoms with Crippen molar-refractivity contribution in [1.82, 2.24) is 10.2 Å². The van der Waals surface area contributed by atoms with Crippen molar-refractivity contribution in [2.75, 3.05) is 24.6 Å². The number of nitrogens with zero attached hydrogens (tertiary/aromatic N) is 2. The standard InChI is InChI=1S/C23H31N3O5/c1-15(2)10-12-24-19(27)14-31-22(30)23-11-9-20(28)26(23)18-8-6-5-7-17(18)21(29)25(23)13-16(3)4/h5-8,15-16H,9-14H2,1-4H3,(H,24,27)/t23-/m1/s1. The maximum Gasteiger partial charge on any atom is 0.354 e. The number of carbonyl (C=O) groups is 4. The lowest BCUT2D eigenvalue weighted by molar-refractivity contribution is -0.160. The molecule has 1 saturated heterocycles. The quantitative estimate of drug-likeness (QED) is 0.640. The maximum atomic E-state index is 13.4. The Hall–Kier alpha value is -2.90. The topological polar surface area (TPSA) is 96.0 Å². The third-order valence-corrected chi connectivity index (χ3v) is 5.63. The number of hydrogen-bond acceptors (Lipinski definition) is 5. The molecule has 0 spiro atoms. The molecule has 2 heterocycles. The third kappa shape index (κ3) is 4.29. The largest absolute Gasteiger partial charge is 0.452 e. The van der Waals surface area contributed by atoms with Gasteiger partial charge >= 0.3 is 5.97 Å². The molecule has 0 radical (unpaired) electrons. The molecule has 8 heteroatoms. The van der Waals surface area contributed by atoms with Crippen molar-refractivity contribution in [2.45, 2.75) is 52.6 Å². The SMILES string of the molecule is CC(C)CCNC(=O)COC(=O)[C@@]12CCC(=O)N1c1ccccc1C(=O)N2CC(C)C. The van der Waals surface area contributed by atoms with E-state index in [2.05, 4.69) is 19.2 Å². The molecule has 1 N–H and O–H groups in total. The van der Waals surface area contributed by atoms with E-state index >= 15 is 0 Å². The molecule has 2 aliphatic rings. The number of ether oxygens (including phenoxy) is 1. The van der Waals surface area contributed by atoms with Crippen LogP contribution in [-0.2, 0) is 19.1 Å². The van der Waals surface area contributed by atoms with E-state index in [4.69, 9.17) is 4.74 Å². The molecule has 3 amide bonds. The van der Waals surface area contributed by atoms with Gasteiger partial charge in [0.15, 0.2) is 6.61 Å². The van der Waals surface area contributed by atoms with E-state index < -0.39 is 24.1 Å². The van der Waals surface area contributed by atoms with E-state index in [0.29, 0.717) is 23.7 Å². The Labute approximate surface area is 182 Å². The summed E-state index contributed by atoms with van der Waals surface area (Å²) in [6.45, 7) is 8.32. The molecule has 168 valence electrons. The van der Waals surface area contributed by atoms with Crippen LogP contribution >= 0.6 is 0 Å². The molecule has 1 aromatic rings. The lowest BCUT2D eigenvalue weighted by Crippen LogP contribution is -2.69. The predicted molar refractivity (Wildman–Crippen MR) is 115 cm³/mol. The highest BCUT2D eigenvalue weighted by atomic mass is 16.5. The van der Waals surface area contributed by atoms with Crippen molar-refractivity contribution in [2.24, 2.45) is 11.8 Å². The summed E-state index contributed by atoms with van der Waals surface area (Å²) in [5.41, 5.74) is -0.771. The minimum absolute atomic E-state index is 0.0655. The summed E-state index contributed by atoms with van der Waals surface area (Å²) in [5, 5.41) is 2.73. The Morgan fingerprint density at radius 1 is 1.13 bits per heavy atom. The van der Waals surface area contributed by atoms with Crippen molar-refractivity contribution < 1.29 is 23.9 Å². The van der Waals surface area contributed by atoms with Crippen molar-refractivity contribution >= 4 is 29.4 Å². The summed E-state index contributed by atoms with van der Waals surface area (Å²) in [7, 11) is 0. The van der Waals surface area contributed by atoms with Crippen LogP contribution in [-0.4, -0.2) is 54.0 Å². The summed E-state index contributed by atoms with van der Waals surface area (Å²) in [6.07, 6.45) is 1.07. The molecule has 1 fully saturated rings. The second kappa shape index (κ2) is 9.08. The van der Waals surface area contributed by atoms with Crippen LogP contribution < -0.4 is 10.2 Å². The molecule has 2 aliphatic heterocycles. The van der Waals surface area contributed by atoms with E-state index in [0.717, 1.165) is 6.42 Å². The van der Waals surface area contributed by atoms with Gasteiger partial charge in [-0.1, -0.05) is 39.8 Å². The van der Waals surface area contributed by atoms with Crippen molar-refractivity contribution in [3.05, 3.63) is 29.8 Å². The molecule has 1 atom stereocenters. The zero-order valence-electron chi connectivity index (χ0n) is 18.6. The second-order valence-corrected chi connectivity index (χ2v) is 8.98. The van der Waals surface area contributed by atoms with Crippen molar-refractivity contribution in [1.29, 1.82) is 0 Å². The van der Waals surface area contributed by atoms with Gasteiger partial charge in [0.05, 0.1) is 11.3 Å². The van der Waals surface area contributed by atoms with Gasteiger partial charge in [-0.25, -0.2) is 4.79 Å². The molecule has 3 rings (SSSR count). The van der Waals surface area contributed by atoms with Crippen LogP contribution in [0.4, 0.5) is 5.69 Å². The van der Waals surface area contributed by atoms with Gasteiger partial charge in [-0.05, 0) is 30.4 Å². The smallest absolute Gasteiger partial charge is 0.354 e. The lowest BCUT2D eigenvalue weighted by atomic mass is 9.95. The molecular formula is C23H31N3O5. The van der Waals surface area contributed by atoms with E-state index in [1.165, 1.54) is 9.80 Å². The van der Waals surface area contributed by atoms with Gasteiger partial charge in [-0.2, -0.15) is 0 Å². The van der Waals surface area contributed by atoms with Gasteiger partial charge in [-0.15, -0.1) is 0 Å². The summed E-state index contributed by atoms with van der Waals surface area (Å²) in [6, 6.07) is 6.80. The van der Waals surface area contributed by atoms with Gasteiger partial charge < -0.3 is 15.0 Å². The summed E-state index contributed by atoms with van der Waals surface area (Å²) < 4.78 is 5.39. The number of nitrogens with one attached hydrogen (secondary N) is 1.